The summed E-state index contributed by atoms with van der Waals surface area (Å²) in [6, 6.07) is 10.8. The van der Waals surface area contributed by atoms with Crippen molar-refractivity contribution in [2.75, 3.05) is 11.9 Å². The van der Waals surface area contributed by atoms with Gasteiger partial charge in [-0.05, 0) is 24.3 Å². The third-order valence-corrected chi connectivity index (χ3v) is 3.74. The van der Waals surface area contributed by atoms with Crippen LogP contribution in [0.25, 0.3) is 10.2 Å². The molecule has 0 radical (unpaired) electrons. The van der Waals surface area contributed by atoms with Gasteiger partial charge in [-0.15, -0.1) is 0 Å². The molecule has 3 rings (SSSR count). The average molecular weight is 313 g/mol. The molecule has 0 fully saturated rings. The molecule has 0 aliphatic rings. The fourth-order valence-electron chi connectivity index (χ4n) is 1.78. The van der Waals surface area contributed by atoms with Crippen molar-refractivity contribution in [3.05, 3.63) is 48.3 Å². The van der Waals surface area contributed by atoms with Crippen LogP contribution >= 0.6 is 11.3 Å². The highest BCUT2D eigenvalue weighted by Gasteiger charge is 2.08. The molecule has 110 valence electrons. The van der Waals surface area contributed by atoms with Gasteiger partial charge in [0.2, 0.25) is 0 Å². The predicted molar refractivity (Wildman–Crippen MR) is 83.4 cm³/mol. The number of nitrogens with zero attached hydrogens (tertiary/aromatic N) is 2. The maximum atomic E-state index is 11.8. The van der Waals surface area contributed by atoms with E-state index in [9.17, 15) is 9.59 Å². The summed E-state index contributed by atoms with van der Waals surface area (Å²) in [7, 11) is 0. The first-order chi connectivity index (χ1) is 10.7. The lowest BCUT2D eigenvalue weighted by molar-refractivity contribution is -0.118. The van der Waals surface area contributed by atoms with Gasteiger partial charge in [0.15, 0.2) is 18.0 Å². The van der Waals surface area contributed by atoms with E-state index in [2.05, 4.69) is 15.3 Å². The summed E-state index contributed by atoms with van der Waals surface area (Å²) in [5.74, 6) is 0.114. The molecule has 1 N–H and O–H groups in total. The topological polar surface area (TPSA) is 81.2 Å². The Morgan fingerprint density at radius 2 is 2.14 bits per heavy atom. The first-order valence-electron chi connectivity index (χ1n) is 6.44. The standard InChI is InChI=1S/C15H11N3O3S/c19-8-10-5-6-11(7-16-10)21-9-14(20)18-15-17-12-3-1-2-4-13(12)22-15/h1-8H,9H2,(H,17,18,20). The van der Waals surface area contributed by atoms with E-state index in [1.165, 1.54) is 23.6 Å². The number of ether oxygens (including phenoxy) is 1. The molecule has 0 unspecified atom stereocenters. The molecule has 0 saturated carbocycles. The minimum atomic E-state index is -0.307. The van der Waals surface area contributed by atoms with Crippen molar-refractivity contribution in [2.45, 2.75) is 0 Å². The lowest BCUT2D eigenvalue weighted by Crippen LogP contribution is -2.20. The van der Waals surface area contributed by atoms with Crippen LogP contribution in [0.1, 0.15) is 10.5 Å². The summed E-state index contributed by atoms with van der Waals surface area (Å²) in [6.07, 6.45) is 2.04. The number of fused-ring (bicyclic) bond motifs is 1. The van der Waals surface area contributed by atoms with Crippen LogP contribution in [0.2, 0.25) is 0 Å². The number of carbonyl (C=O) groups is 2. The Balaban J connectivity index is 1.58. The van der Waals surface area contributed by atoms with Crippen LogP contribution in [-0.4, -0.2) is 28.8 Å². The maximum Gasteiger partial charge on any atom is 0.264 e. The van der Waals surface area contributed by atoms with E-state index in [0.29, 0.717) is 22.9 Å². The molecule has 2 heterocycles. The van der Waals surface area contributed by atoms with Gasteiger partial charge in [0.1, 0.15) is 11.4 Å². The smallest absolute Gasteiger partial charge is 0.264 e. The molecule has 7 heteroatoms. The number of thiazole rings is 1. The Kier molecular flexibility index (Phi) is 4.06. The van der Waals surface area contributed by atoms with Crippen molar-refractivity contribution in [2.24, 2.45) is 0 Å². The molecule has 0 bridgehead atoms. The number of para-hydroxylation sites is 1. The number of pyridine rings is 1. The third-order valence-electron chi connectivity index (χ3n) is 2.79. The van der Waals surface area contributed by atoms with Crippen molar-refractivity contribution >= 4 is 38.9 Å². The van der Waals surface area contributed by atoms with Gasteiger partial charge in [0.05, 0.1) is 16.4 Å². The molecule has 0 aliphatic heterocycles. The monoisotopic (exact) mass is 313 g/mol. The molecular weight excluding hydrogens is 302 g/mol. The first kappa shape index (κ1) is 14.2. The van der Waals surface area contributed by atoms with E-state index in [-0.39, 0.29) is 12.5 Å². The van der Waals surface area contributed by atoms with E-state index in [4.69, 9.17) is 4.74 Å². The van der Waals surface area contributed by atoms with Crippen LogP contribution in [0.15, 0.2) is 42.6 Å². The highest BCUT2D eigenvalue weighted by Crippen LogP contribution is 2.25. The van der Waals surface area contributed by atoms with E-state index in [1.54, 1.807) is 6.07 Å². The zero-order chi connectivity index (χ0) is 15.4. The van der Waals surface area contributed by atoms with Gasteiger partial charge in [-0.3, -0.25) is 14.9 Å². The van der Waals surface area contributed by atoms with Crippen molar-refractivity contribution < 1.29 is 14.3 Å². The van der Waals surface area contributed by atoms with Crippen LogP contribution in [0.4, 0.5) is 5.13 Å². The summed E-state index contributed by atoms with van der Waals surface area (Å²) < 4.78 is 6.31. The molecule has 6 nitrogen and oxygen atoms in total. The number of aromatic nitrogens is 2. The van der Waals surface area contributed by atoms with Crippen LogP contribution in [-0.2, 0) is 4.79 Å². The van der Waals surface area contributed by atoms with Gasteiger partial charge >= 0.3 is 0 Å². The fourth-order valence-corrected chi connectivity index (χ4v) is 2.66. The first-order valence-corrected chi connectivity index (χ1v) is 7.26. The van der Waals surface area contributed by atoms with Crippen molar-refractivity contribution in [3.63, 3.8) is 0 Å². The number of nitrogens with one attached hydrogen (secondary N) is 1. The Morgan fingerprint density at radius 3 is 2.86 bits per heavy atom. The second kappa shape index (κ2) is 6.31. The maximum absolute atomic E-state index is 11.8. The van der Waals surface area contributed by atoms with E-state index in [1.807, 2.05) is 24.3 Å². The van der Waals surface area contributed by atoms with Crippen LogP contribution in [0, 0.1) is 0 Å². The van der Waals surface area contributed by atoms with Gasteiger partial charge in [-0.1, -0.05) is 23.5 Å². The second-order valence-electron chi connectivity index (χ2n) is 4.36. The average Bonchev–Trinajstić information content (AvgIpc) is 2.95. The minimum Gasteiger partial charge on any atom is -0.482 e. The Morgan fingerprint density at radius 1 is 1.27 bits per heavy atom. The molecule has 2 aromatic heterocycles. The fraction of sp³-hybridized carbons (Fsp3) is 0.0667. The molecule has 22 heavy (non-hydrogen) atoms. The molecule has 0 saturated heterocycles. The predicted octanol–water partition coefficient (Wildman–Crippen LogP) is 2.52. The van der Waals surface area contributed by atoms with E-state index < -0.39 is 0 Å². The van der Waals surface area contributed by atoms with E-state index >= 15 is 0 Å². The van der Waals surface area contributed by atoms with Crippen LogP contribution < -0.4 is 10.1 Å². The van der Waals surface area contributed by atoms with Crippen molar-refractivity contribution in [3.8, 4) is 5.75 Å². The number of hydrogen-bond acceptors (Lipinski definition) is 6. The lowest BCUT2D eigenvalue weighted by Gasteiger charge is -2.05. The summed E-state index contributed by atoms with van der Waals surface area (Å²) >= 11 is 1.40. The SMILES string of the molecule is O=Cc1ccc(OCC(=O)Nc2nc3ccccc3s2)cn1. The number of rotatable bonds is 5. The Labute approximate surface area is 129 Å². The molecule has 0 spiro atoms. The van der Waals surface area contributed by atoms with Gasteiger partial charge in [-0.2, -0.15) is 0 Å². The van der Waals surface area contributed by atoms with Crippen LogP contribution in [0.5, 0.6) is 5.75 Å². The quantitative estimate of drug-likeness (QED) is 0.732. The number of aldehydes is 1. The highest BCUT2D eigenvalue weighted by molar-refractivity contribution is 7.22. The zero-order valence-electron chi connectivity index (χ0n) is 11.4. The summed E-state index contributed by atoms with van der Waals surface area (Å²) in [5.41, 5.74) is 1.16. The highest BCUT2D eigenvalue weighted by atomic mass is 32.1. The summed E-state index contributed by atoms with van der Waals surface area (Å²) in [6.45, 7) is -0.155. The molecule has 1 amide bonds. The lowest BCUT2D eigenvalue weighted by atomic mass is 10.3. The zero-order valence-corrected chi connectivity index (χ0v) is 12.2. The Hall–Kier alpha value is -2.80. The van der Waals surface area contributed by atoms with Crippen molar-refractivity contribution in [1.29, 1.82) is 0 Å². The normalized spacial score (nSPS) is 10.4. The molecule has 0 aliphatic carbocycles. The van der Waals surface area contributed by atoms with Gasteiger partial charge < -0.3 is 4.74 Å². The molecule has 3 aromatic rings. The number of carbonyl (C=O) groups excluding carboxylic acids is 2. The van der Waals surface area contributed by atoms with Gasteiger partial charge in [0, 0.05) is 0 Å². The summed E-state index contributed by atoms with van der Waals surface area (Å²) in [5, 5.41) is 3.22. The minimum absolute atomic E-state index is 0.155. The van der Waals surface area contributed by atoms with Crippen LogP contribution in [0.3, 0.4) is 0 Å². The molecule has 0 atom stereocenters. The third kappa shape index (κ3) is 3.26. The number of amides is 1. The summed E-state index contributed by atoms with van der Waals surface area (Å²) in [4.78, 5) is 30.5. The van der Waals surface area contributed by atoms with E-state index in [0.717, 1.165) is 10.2 Å². The number of benzene rings is 1. The molecular formula is C15H11N3O3S. The van der Waals surface area contributed by atoms with Crippen molar-refractivity contribution in [1.82, 2.24) is 9.97 Å². The second-order valence-corrected chi connectivity index (χ2v) is 5.39. The number of hydrogen-bond donors (Lipinski definition) is 1. The largest absolute Gasteiger partial charge is 0.482 e. The number of anilines is 1. The molecule has 1 aromatic carbocycles. The van der Waals surface area contributed by atoms with Gasteiger partial charge in [-0.25, -0.2) is 9.97 Å². The Bertz CT molecular complexity index is 781. The van der Waals surface area contributed by atoms with Gasteiger partial charge in [0.25, 0.3) is 5.91 Å².